The number of para-hydroxylation sites is 1. The third-order valence-corrected chi connectivity index (χ3v) is 5.73. The smallest absolute Gasteiger partial charge is 0.243 e. The monoisotopic (exact) mass is 385 g/mol. The molecule has 26 heavy (non-hydrogen) atoms. The van der Waals surface area contributed by atoms with Crippen molar-refractivity contribution in [2.24, 2.45) is 0 Å². The number of rotatable bonds is 6. The van der Waals surface area contributed by atoms with E-state index in [9.17, 15) is 21.6 Å². The first-order chi connectivity index (χ1) is 12.4. The molecule has 0 aliphatic heterocycles. The lowest BCUT2D eigenvalue weighted by Crippen LogP contribution is -2.25. The summed E-state index contributed by atoms with van der Waals surface area (Å²) in [5.41, 5.74) is 0.575. The molecule has 0 amide bonds. The van der Waals surface area contributed by atoms with Crippen molar-refractivity contribution in [1.29, 1.82) is 0 Å². The van der Waals surface area contributed by atoms with E-state index in [1.807, 2.05) is 0 Å². The van der Waals surface area contributed by atoms with Gasteiger partial charge in [0.05, 0.1) is 6.10 Å². The highest BCUT2D eigenvalue weighted by atomic mass is 32.2. The number of benzene rings is 2. The molecule has 0 aromatic heterocycles. The molecule has 0 bridgehead atoms. The second-order valence-corrected chi connectivity index (χ2v) is 7.87. The molecule has 3 rings (SSSR count). The van der Waals surface area contributed by atoms with Gasteiger partial charge in [-0.15, -0.1) is 0 Å². The van der Waals surface area contributed by atoms with Gasteiger partial charge in [0.25, 0.3) is 0 Å². The predicted octanol–water partition coefficient (Wildman–Crippen LogP) is 3.90. The minimum Gasteiger partial charge on any atom is -0.490 e. The average Bonchev–Trinajstić information content (AvgIpc) is 3.12. The Morgan fingerprint density at radius 1 is 1.00 bits per heavy atom. The highest BCUT2D eigenvalue weighted by Crippen LogP contribution is 2.27. The molecule has 140 valence electrons. The van der Waals surface area contributed by atoms with Gasteiger partial charge in [-0.3, -0.25) is 0 Å². The van der Waals surface area contributed by atoms with E-state index < -0.39 is 32.4 Å². The van der Waals surface area contributed by atoms with Crippen molar-refractivity contribution < 1.29 is 26.3 Å². The van der Waals surface area contributed by atoms with Gasteiger partial charge in [0, 0.05) is 12.1 Å². The summed E-state index contributed by atoms with van der Waals surface area (Å²) in [5, 5.41) is 0. The molecule has 1 N–H and O–H groups in total. The van der Waals surface area contributed by atoms with E-state index >= 15 is 0 Å². The molecule has 0 saturated heterocycles. The van der Waals surface area contributed by atoms with Crippen LogP contribution in [0.15, 0.2) is 41.3 Å². The summed E-state index contributed by atoms with van der Waals surface area (Å²) in [6.07, 6.45) is 4.17. The van der Waals surface area contributed by atoms with Crippen LogP contribution in [0.3, 0.4) is 0 Å². The van der Waals surface area contributed by atoms with Crippen LogP contribution in [0.1, 0.15) is 31.2 Å². The molecule has 0 heterocycles. The SMILES string of the molecule is O=S(=O)(NCc1ccccc1OC1CCCC1)c1ccc(F)c(F)c1F. The summed E-state index contributed by atoms with van der Waals surface area (Å²) in [6, 6.07) is 8.19. The number of sulfonamides is 1. The predicted molar refractivity (Wildman–Crippen MR) is 89.7 cm³/mol. The Kier molecular flexibility index (Phi) is 5.52. The highest BCUT2D eigenvalue weighted by molar-refractivity contribution is 7.89. The van der Waals surface area contributed by atoms with E-state index in [4.69, 9.17) is 4.74 Å². The van der Waals surface area contributed by atoms with Gasteiger partial charge in [0.1, 0.15) is 10.6 Å². The fraction of sp³-hybridized carbons (Fsp3) is 0.333. The Morgan fingerprint density at radius 2 is 1.69 bits per heavy atom. The van der Waals surface area contributed by atoms with Gasteiger partial charge < -0.3 is 4.74 Å². The molecule has 1 fully saturated rings. The zero-order valence-electron chi connectivity index (χ0n) is 13.8. The minimum absolute atomic E-state index is 0.0939. The number of hydrogen-bond donors (Lipinski definition) is 1. The lowest BCUT2D eigenvalue weighted by molar-refractivity contribution is 0.208. The van der Waals surface area contributed by atoms with Gasteiger partial charge in [0.2, 0.25) is 10.0 Å². The zero-order chi connectivity index (χ0) is 18.7. The summed E-state index contributed by atoms with van der Waals surface area (Å²) in [7, 11) is -4.36. The van der Waals surface area contributed by atoms with E-state index in [-0.39, 0.29) is 12.6 Å². The standard InChI is InChI=1S/C18H18F3NO3S/c19-14-9-10-16(18(21)17(14)20)26(23,24)22-11-12-5-1-4-8-15(12)25-13-6-2-3-7-13/h1,4-5,8-10,13,22H,2-3,6-7,11H2. The van der Waals surface area contributed by atoms with Crippen molar-refractivity contribution in [1.82, 2.24) is 4.72 Å². The van der Waals surface area contributed by atoms with E-state index in [1.54, 1.807) is 24.3 Å². The van der Waals surface area contributed by atoms with E-state index in [1.165, 1.54) is 0 Å². The zero-order valence-corrected chi connectivity index (χ0v) is 14.7. The van der Waals surface area contributed by atoms with Crippen LogP contribution >= 0.6 is 0 Å². The fourth-order valence-corrected chi connectivity index (χ4v) is 3.99. The van der Waals surface area contributed by atoms with Crippen molar-refractivity contribution in [2.75, 3.05) is 0 Å². The molecule has 2 aromatic rings. The molecule has 8 heteroatoms. The summed E-state index contributed by atoms with van der Waals surface area (Å²) in [5.74, 6) is -4.46. The minimum atomic E-state index is -4.36. The summed E-state index contributed by atoms with van der Waals surface area (Å²) in [6.45, 7) is -0.163. The van der Waals surface area contributed by atoms with Crippen LogP contribution < -0.4 is 9.46 Å². The molecule has 4 nitrogen and oxygen atoms in total. The molecule has 0 radical (unpaired) electrons. The van der Waals surface area contributed by atoms with Crippen LogP contribution in [0.5, 0.6) is 5.75 Å². The molecule has 1 aliphatic carbocycles. The lowest BCUT2D eigenvalue weighted by Gasteiger charge is -2.17. The number of hydrogen-bond acceptors (Lipinski definition) is 3. The topological polar surface area (TPSA) is 55.4 Å². The Labute approximate surface area is 150 Å². The molecule has 0 spiro atoms. The molecule has 1 saturated carbocycles. The lowest BCUT2D eigenvalue weighted by atomic mass is 10.2. The van der Waals surface area contributed by atoms with Gasteiger partial charge in [-0.25, -0.2) is 26.3 Å². The van der Waals surface area contributed by atoms with Crippen LogP contribution in [0, 0.1) is 17.5 Å². The van der Waals surface area contributed by atoms with Crippen LogP contribution in [0.4, 0.5) is 13.2 Å². The third kappa shape index (κ3) is 4.02. The Hall–Kier alpha value is -2.06. The third-order valence-electron chi connectivity index (χ3n) is 4.31. The van der Waals surface area contributed by atoms with Crippen molar-refractivity contribution in [3.8, 4) is 5.75 Å². The maximum atomic E-state index is 13.8. The maximum Gasteiger partial charge on any atom is 0.243 e. The molecule has 1 aliphatic rings. The number of ether oxygens (including phenoxy) is 1. The van der Waals surface area contributed by atoms with E-state index in [2.05, 4.69) is 4.72 Å². The van der Waals surface area contributed by atoms with E-state index in [0.717, 1.165) is 25.7 Å². The van der Waals surface area contributed by atoms with Crippen LogP contribution in [-0.4, -0.2) is 14.5 Å². The summed E-state index contributed by atoms with van der Waals surface area (Å²) in [4.78, 5) is -0.939. The molecular formula is C18H18F3NO3S. The van der Waals surface area contributed by atoms with Crippen molar-refractivity contribution in [3.05, 3.63) is 59.4 Å². The second kappa shape index (κ2) is 7.67. The Morgan fingerprint density at radius 3 is 2.42 bits per heavy atom. The molecule has 2 aromatic carbocycles. The van der Waals surface area contributed by atoms with E-state index in [0.29, 0.717) is 23.4 Å². The molecule has 0 atom stereocenters. The van der Waals surface area contributed by atoms with Crippen molar-refractivity contribution >= 4 is 10.0 Å². The van der Waals surface area contributed by atoms with Crippen LogP contribution in [0.25, 0.3) is 0 Å². The first-order valence-electron chi connectivity index (χ1n) is 8.26. The quantitative estimate of drug-likeness (QED) is 0.768. The Balaban J connectivity index is 1.77. The highest BCUT2D eigenvalue weighted by Gasteiger charge is 2.24. The van der Waals surface area contributed by atoms with Gasteiger partial charge in [-0.2, -0.15) is 0 Å². The Bertz CT molecular complexity index is 897. The number of nitrogens with one attached hydrogen (secondary N) is 1. The molecular weight excluding hydrogens is 367 g/mol. The first-order valence-corrected chi connectivity index (χ1v) is 9.74. The van der Waals surface area contributed by atoms with Crippen LogP contribution in [-0.2, 0) is 16.6 Å². The fourth-order valence-electron chi connectivity index (χ4n) is 2.92. The number of halogens is 3. The summed E-state index contributed by atoms with van der Waals surface area (Å²) < 4.78 is 72.7. The maximum absolute atomic E-state index is 13.8. The van der Waals surface area contributed by atoms with Gasteiger partial charge in [-0.05, 0) is 43.9 Å². The van der Waals surface area contributed by atoms with Gasteiger partial charge in [-0.1, -0.05) is 18.2 Å². The summed E-state index contributed by atoms with van der Waals surface area (Å²) >= 11 is 0. The van der Waals surface area contributed by atoms with Crippen molar-refractivity contribution in [3.63, 3.8) is 0 Å². The average molecular weight is 385 g/mol. The van der Waals surface area contributed by atoms with Gasteiger partial charge in [0.15, 0.2) is 17.5 Å². The van der Waals surface area contributed by atoms with Gasteiger partial charge >= 0.3 is 0 Å². The van der Waals surface area contributed by atoms with Crippen molar-refractivity contribution in [2.45, 2.75) is 43.2 Å². The molecule has 0 unspecified atom stereocenters. The normalized spacial score (nSPS) is 15.3. The second-order valence-electron chi connectivity index (χ2n) is 6.13. The first kappa shape index (κ1) is 18.7. The van der Waals surface area contributed by atoms with Crippen LogP contribution in [0.2, 0.25) is 0 Å². The largest absolute Gasteiger partial charge is 0.490 e.